The summed E-state index contributed by atoms with van der Waals surface area (Å²) in [6, 6.07) is 0. The number of aliphatic hydroxyl groups is 13. The SMILES string of the molecule is OC[C@H]1O[C@@H](O[C@H]2[C@H](O)[C@@H](O)[C@H](O)O[C@@H]2CO)[C@H](O[C@@H]2O[C@H](CO)[C@@H](O)[C@H](O)[C@H]2O)[C@@H](O[C@@H]2OC[C@@H](O)[C@H](O)[C@H]2O)[C@H]1O. The molecule has 4 heterocycles. The Hall–Kier alpha value is -0.800. The van der Waals surface area contributed by atoms with Crippen LogP contribution >= 0.6 is 0 Å². The lowest BCUT2D eigenvalue weighted by Crippen LogP contribution is -2.68. The van der Waals surface area contributed by atoms with Gasteiger partial charge in [-0.3, -0.25) is 0 Å². The van der Waals surface area contributed by atoms with Gasteiger partial charge in [0.25, 0.3) is 0 Å². The molecule has 252 valence electrons. The fourth-order valence-electron chi connectivity index (χ4n) is 5.23. The maximum absolute atomic E-state index is 11.1. The van der Waals surface area contributed by atoms with Gasteiger partial charge in [-0.15, -0.1) is 0 Å². The van der Waals surface area contributed by atoms with Gasteiger partial charge in [-0.1, -0.05) is 0 Å². The molecule has 19 atom stereocenters. The van der Waals surface area contributed by atoms with Crippen molar-refractivity contribution in [1.82, 2.24) is 0 Å². The Kier molecular flexibility index (Phi) is 12.0. The third-order valence-electron chi connectivity index (χ3n) is 7.81. The first-order chi connectivity index (χ1) is 20.3. The summed E-state index contributed by atoms with van der Waals surface area (Å²) in [6.07, 6.45) is -33.8. The molecule has 13 N–H and O–H groups in total. The molecule has 0 aliphatic carbocycles. The van der Waals surface area contributed by atoms with Crippen LogP contribution < -0.4 is 0 Å². The quantitative estimate of drug-likeness (QED) is 0.112. The molecule has 4 aliphatic heterocycles. The van der Waals surface area contributed by atoms with Crippen LogP contribution in [0.5, 0.6) is 0 Å². The first-order valence-corrected chi connectivity index (χ1v) is 13.5. The van der Waals surface area contributed by atoms with E-state index in [1.54, 1.807) is 0 Å². The number of hydrogen-bond donors (Lipinski definition) is 13. The lowest BCUT2D eigenvalue weighted by Gasteiger charge is -2.50. The highest BCUT2D eigenvalue weighted by atomic mass is 16.8. The van der Waals surface area contributed by atoms with Crippen LogP contribution in [0.3, 0.4) is 0 Å². The molecule has 43 heavy (non-hydrogen) atoms. The summed E-state index contributed by atoms with van der Waals surface area (Å²) >= 11 is 0. The predicted molar refractivity (Wildman–Crippen MR) is 128 cm³/mol. The fraction of sp³-hybridized carbons (Fsp3) is 1.00. The van der Waals surface area contributed by atoms with Gasteiger partial charge in [0.1, 0.15) is 91.6 Å². The number of aliphatic hydroxyl groups excluding tert-OH is 13. The molecule has 0 aromatic rings. The standard InChI is InChI=1S/C23H40O20/c24-1-6-10(29)12(31)16(35)22(39-6)43-19-18(42-21-15(34)9(28)5(27)4-37-21)11(30)7(2-25)40-23(19)41-17-8(3-26)38-20(36)14(33)13(17)32/h5-36H,1-4H2/t5-,6-,7-,8-,9+,10-,11+,12+,13-,14-,15-,16-,17-,18+,19-,20-,21+,22+,23+/m1/s1. The van der Waals surface area contributed by atoms with Gasteiger partial charge >= 0.3 is 0 Å². The van der Waals surface area contributed by atoms with Gasteiger partial charge in [0.05, 0.1) is 26.4 Å². The van der Waals surface area contributed by atoms with Crippen molar-refractivity contribution >= 4 is 0 Å². The normalized spacial score (nSPS) is 53.1. The molecule has 4 fully saturated rings. The summed E-state index contributed by atoms with van der Waals surface area (Å²) < 4.78 is 38.6. The van der Waals surface area contributed by atoms with Crippen molar-refractivity contribution < 1.29 is 99.5 Å². The highest BCUT2D eigenvalue weighted by molar-refractivity contribution is 4.97. The molecule has 0 saturated carbocycles. The van der Waals surface area contributed by atoms with Gasteiger partial charge < -0.3 is 99.5 Å². The van der Waals surface area contributed by atoms with E-state index in [-0.39, 0.29) is 0 Å². The van der Waals surface area contributed by atoms with Crippen LogP contribution in [0.25, 0.3) is 0 Å². The topological polar surface area (TPSA) is 328 Å². The van der Waals surface area contributed by atoms with Crippen LogP contribution in [0.15, 0.2) is 0 Å². The molecule has 4 aliphatic rings. The molecule has 0 spiro atoms. The van der Waals surface area contributed by atoms with Crippen LogP contribution in [-0.4, -0.2) is 210 Å². The third-order valence-corrected chi connectivity index (χ3v) is 7.81. The van der Waals surface area contributed by atoms with E-state index < -0.39 is 143 Å². The van der Waals surface area contributed by atoms with E-state index in [1.807, 2.05) is 0 Å². The summed E-state index contributed by atoms with van der Waals surface area (Å²) in [6.45, 7) is -3.11. The van der Waals surface area contributed by atoms with Crippen molar-refractivity contribution in [3.05, 3.63) is 0 Å². The maximum Gasteiger partial charge on any atom is 0.187 e. The van der Waals surface area contributed by atoms with Crippen LogP contribution in [0.1, 0.15) is 0 Å². The van der Waals surface area contributed by atoms with E-state index in [4.69, 9.17) is 33.2 Å². The largest absolute Gasteiger partial charge is 0.394 e. The average molecular weight is 637 g/mol. The van der Waals surface area contributed by atoms with Gasteiger partial charge in [0.15, 0.2) is 25.2 Å². The Balaban J connectivity index is 1.68. The van der Waals surface area contributed by atoms with Crippen molar-refractivity contribution in [2.75, 3.05) is 26.4 Å². The van der Waals surface area contributed by atoms with E-state index in [9.17, 15) is 66.4 Å². The lowest BCUT2D eigenvalue weighted by molar-refractivity contribution is -0.402. The zero-order chi connectivity index (χ0) is 31.7. The lowest BCUT2D eigenvalue weighted by atomic mass is 9.95. The minimum Gasteiger partial charge on any atom is -0.394 e. The highest BCUT2D eigenvalue weighted by Gasteiger charge is 2.55. The molecule has 0 radical (unpaired) electrons. The number of hydrogen-bond acceptors (Lipinski definition) is 20. The van der Waals surface area contributed by atoms with Gasteiger partial charge in [0, 0.05) is 0 Å². The second-order valence-corrected chi connectivity index (χ2v) is 10.7. The summed E-state index contributed by atoms with van der Waals surface area (Å²) in [5.74, 6) is 0. The van der Waals surface area contributed by atoms with Gasteiger partial charge in [-0.25, -0.2) is 0 Å². The monoisotopic (exact) mass is 636 g/mol. The highest BCUT2D eigenvalue weighted by Crippen LogP contribution is 2.35. The van der Waals surface area contributed by atoms with Crippen LogP contribution in [-0.2, 0) is 33.2 Å². The molecular formula is C23H40O20. The second-order valence-electron chi connectivity index (χ2n) is 10.7. The zero-order valence-corrected chi connectivity index (χ0v) is 22.5. The molecular weight excluding hydrogens is 596 g/mol. The van der Waals surface area contributed by atoms with Crippen molar-refractivity contribution in [3.63, 3.8) is 0 Å². The summed E-state index contributed by atoms with van der Waals surface area (Å²) in [5.41, 5.74) is 0. The van der Waals surface area contributed by atoms with Crippen molar-refractivity contribution in [2.45, 2.75) is 117 Å². The van der Waals surface area contributed by atoms with Gasteiger partial charge in [0.2, 0.25) is 0 Å². The van der Waals surface area contributed by atoms with Gasteiger partial charge in [-0.05, 0) is 0 Å². The average Bonchev–Trinajstić information content (AvgIpc) is 2.99. The molecule has 0 aromatic carbocycles. The zero-order valence-electron chi connectivity index (χ0n) is 22.5. The van der Waals surface area contributed by atoms with Crippen molar-refractivity contribution in [3.8, 4) is 0 Å². The van der Waals surface area contributed by atoms with E-state index in [1.165, 1.54) is 0 Å². The molecule has 0 bridgehead atoms. The summed E-state index contributed by atoms with van der Waals surface area (Å²) in [7, 11) is 0. The molecule has 4 rings (SSSR count). The minimum absolute atomic E-state index is 0.520. The smallest absolute Gasteiger partial charge is 0.187 e. The number of rotatable bonds is 9. The van der Waals surface area contributed by atoms with Crippen molar-refractivity contribution in [2.24, 2.45) is 0 Å². The second kappa shape index (κ2) is 14.7. The maximum atomic E-state index is 11.1. The Morgan fingerprint density at radius 1 is 0.442 bits per heavy atom. The molecule has 20 heteroatoms. The fourth-order valence-corrected chi connectivity index (χ4v) is 5.23. The molecule has 0 aromatic heterocycles. The molecule has 20 nitrogen and oxygen atoms in total. The van der Waals surface area contributed by atoms with E-state index in [2.05, 4.69) is 0 Å². The van der Waals surface area contributed by atoms with Crippen molar-refractivity contribution in [1.29, 1.82) is 0 Å². The molecule has 0 unspecified atom stereocenters. The first kappa shape index (κ1) is 35.1. The number of ether oxygens (including phenoxy) is 7. The Bertz CT molecular complexity index is 867. The van der Waals surface area contributed by atoms with E-state index >= 15 is 0 Å². The van der Waals surface area contributed by atoms with Gasteiger partial charge in [-0.2, -0.15) is 0 Å². The van der Waals surface area contributed by atoms with E-state index in [0.29, 0.717) is 0 Å². The summed E-state index contributed by atoms with van der Waals surface area (Å²) in [5, 5.41) is 132. The molecule has 4 saturated heterocycles. The third kappa shape index (κ3) is 7.13. The Morgan fingerprint density at radius 2 is 0.977 bits per heavy atom. The van der Waals surface area contributed by atoms with Crippen LogP contribution in [0.4, 0.5) is 0 Å². The van der Waals surface area contributed by atoms with Crippen LogP contribution in [0.2, 0.25) is 0 Å². The van der Waals surface area contributed by atoms with Crippen LogP contribution in [0, 0.1) is 0 Å². The predicted octanol–water partition coefficient (Wildman–Crippen LogP) is -9.11. The van der Waals surface area contributed by atoms with E-state index in [0.717, 1.165) is 0 Å². The Morgan fingerprint density at radius 3 is 1.60 bits per heavy atom. The first-order valence-electron chi connectivity index (χ1n) is 13.5. The summed E-state index contributed by atoms with van der Waals surface area (Å²) in [4.78, 5) is 0. The molecule has 0 amide bonds. The Labute approximate surface area is 243 Å². The minimum atomic E-state index is -1.99.